The van der Waals surface area contributed by atoms with Crippen LogP contribution in [0.4, 0.5) is 0 Å². The summed E-state index contributed by atoms with van der Waals surface area (Å²) in [6.45, 7) is 22.0. The van der Waals surface area contributed by atoms with Gasteiger partial charge in [-0.2, -0.15) is 0 Å². The fourth-order valence-corrected chi connectivity index (χ4v) is 10.9. The second-order valence-electron chi connectivity index (χ2n) is 15.8. The second kappa shape index (κ2) is 7.38. The van der Waals surface area contributed by atoms with Crippen LogP contribution in [-0.4, -0.2) is 12.1 Å². The third-order valence-electron chi connectivity index (χ3n) is 13.3. The van der Waals surface area contributed by atoms with Crippen molar-refractivity contribution in [1.82, 2.24) is 0 Å². The van der Waals surface area contributed by atoms with Crippen molar-refractivity contribution in [3.63, 3.8) is 0 Å². The van der Waals surface area contributed by atoms with E-state index in [2.05, 4.69) is 61.5 Å². The fourth-order valence-electron chi connectivity index (χ4n) is 10.9. The second-order valence-corrected chi connectivity index (χ2v) is 15.8. The minimum Gasteiger partial charge on any atom is -0.462 e. The van der Waals surface area contributed by atoms with E-state index in [1.54, 1.807) is 6.92 Å². The molecule has 0 unspecified atom stereocenters. The van der Waals surface area contributed by atoms with Gasteiger partial charge in [-0.05, 0) is 109 Å². The van der Waals surface area contributed by atoms with Crippen LogP contribution in [0.3, 0.4) is 0 Å². The minimum absolute atomic E-state index is 0.0451. The number of rotatable bonds is 1. The molecule has 0 aliphatic heterocycles. The average Bonchev–Trinajstić information content (AvgIpc) is 2.72. The Bertz CT molecular complexity index is 897. The third-order valence-corrected chi connectivity index (χ3v) is 13.3. The van der Waals surface area contributed by atoms with Crippen LogP contribution in [0.2, 0.25) is 0 Å². The molecule has 0 bridgehead atoms. The molecule has 0 N–H and O–H groups in total. The van der Waals surface area contributed by atoms with Crippen molar-refractivity contribution in [2.24, 2.45) is 50.2 Å². The lowest BCUT2D eigenvalue weighted by Gasteiger charge is -2.71. The Kier molecular flexibility index (Phi) is 5.40. The molecule has 34 heavy (non-hydrogen) atoms. The molecule has 5 aliphatic carbocycles. The van der Waals surface area contributed by atoms with Gasteiger partial charge in [0.25, 0.3) is 0 Å². The lowest BCUT2D eigenvalue weighted by molar-refractivity contribution is -0.211. The number of esters is 1. The van der Waals surface area contributed by atoms with E-state index in [1.165, 1.54) is 57.8 Å². The van der Waals surface area contributed by atoms with Crippen molar-refractivity contribution in [2.45, 2.75) is 133 Å². The summed E-state index contributed by atoms with van der Waals surface area (Å²) in [6.07, 6.45) is 15.9. The summed E-state index contributed by atoms with van der Waals surface area (Å²) in [4.78, 5) is 11.9. The Morgan fingerprint density at radius 3 is 2.21 bits per heavy atom. The van der Waals surface area contributed by atoms with Crippen LogP contribution >= 0.6 is 0 Å². The van der Waals surface area contributed by atoms with Gasteiger partial charge in [-0.3, -0.25) is 4.79 Å². The van der Waals surface area contributed by atoms with E-state index in [0.29, 0.717) is 33.0 Å². The first-order chi connectivity index (χ1) is 15.6. The molecule has 0 heterocycles. The average molecular weight is 469 g/mol. The molecule has 4 fully saturated rings. The highest BCUT2D eigenvalue weighted by Gasteiger charge is 2.68. The van der Waals surface area contributed by atoms with E-state index >= 15 is 0 Å². The number of ether oxygens (including phenoxy) is 1. The van der Waals surface area contributed by atoms with Gasteiger partial charge in [0.15, 0.2) is 0 Å². The third kappa shape index (κ3) is 3.21. The zero-order valence-electron chi connectivity index (χ0n) is 23.8. The predicted octanol–water partition coefficient (Wildman–Crippen LogP) is 8.74. The summed E-state index contributed by atoms with van der Waals surface area (Å²) in [6, 6.07) is 0. The van der Waals surface area contributed by atoms with Crippen LogP contribution in [0.15, 0.2) is 11.6 Å². The highest BCUT2D eigenvalue weighted by atomic mass is 16.5. The van der Waals surface area contributed by atoms with E-state index < -0.39 is 0 Å². The van der Waals surface area contributed by atoms with Gasteiger partial charge in [-0.15, -0.1) is 0 Å². The van der Waals surface area contributed by atoms with Crippen LogP contribution in [0.25, 0.3) is 0 Å². The molecule has 0 radical (unpaired) electrons. The largest absolute Gasteiger partial charge is 0.462 e. The summed E-state index contributed by atoms with van der Waals surface area (Å²) in [5.74, 6) is 2.01. The van der Waals surface area contributed by atoms with Crippen LogP contribution in [0, 0.1) is 50.2 Å². The van der Waals surface area contributed by atoms with Gasteiger partial charge in [-0.25, -0.2) is 0 Å². The summed E-state index contributed by atoms with van der Waals surface area (Å²) in [5, 5.41) is 0. The van der Waals surface area contributed by atoms with Gasteiger partial charge in [0.1, 0.15) is 6.10 Å². The smallest absolute Gasteiger partial charge is 0.302 e. The lowest BCUT2D eigenvalue weighted by atomic mass is 9.33. The highest BCUT2D eigenvalue weighted by Crippen LogP contribution is 2.75. The van der Waals surface area contributed by atoms with E-state index in [0.717, 1.165) is 18.3 Å². The van der Waals surface area contributed by atoms with Gasteiger partial charge in [0, 0.05) is 12.3 Å². The summed E-state index contributed by atoms with van der Waals surface area (Å²) < 4.78 is 5.91. The Morgan fingerprint density at radius 1 is 0.853 bits per heavy atom. The molecule has 2 heteroatoms. The monoisotopic (exact) mass is 468 g/mol. The number of fused-ring (bicyclic) bond motifs is 7. The molecule has 0 aromatic carbocycles. The van der Waals surface area contributed by atoms with Crippen LogP contribution in [0.5, 0.6) is 0 Å². The van der Waals surface area contributed by atoms with Gasteiger partial charge < -0.3 is 4.74 Å². The molecule has 4 saturated carbocycles. The number of carbonyl (C=O) groups is 1. The summed E-state index contributed by atoms with van der Waals surface area (Å²) in [7, 11) is 0. The van der Waals surface area contributed by atoms with Gasteiger partial charge in [-0.1, -0.05) is 67.0 Å². The van der Waals surface area contributed by atoms with Crippen molar-refractivity contribution in [3.05, 3.63) is 11.6 Å². The molecule has 5 rings (SSSR count). The molecule has 8 atom stereocenters. The SMILES string of the molecule is CC(=O)O[C@H]1CC[C@@]2(C)[C@@H](CC[C@]3(C)[C@H]2CC=C2[C@@H]4CC(C)(C)CC[C@]4(C)CC[C@@]23C)C1(C)C. The summed E-state index contributed by atoms with van der Waals surface area (Å²) >= 11 is 0. The van der Waals surface area contributed by atoms with Crippen molar-refractivity contribution in [2.75, 3.05) is 0 Å². The zero-order chi connectivity index (χ0) is 24.9. The first kappa shape index (κ1) is 24.9. The number of carbonyl (C=O) groups excluding carboxylic acids is 1. The summed E-state index contributed by atoms with van der Waals surface area (Å²) in [5.41, 5.74) is 3.92. The Hall–Kier alpha value is -0.790. The Balaban J connectivity index is 1.53. The first-order valence-corrected chi connectivity index (χ1v) is 14.5. The molecule has 2 nitrogen and oxygen atoms in total. The maximum absolute atomic E-state index is 11.9. The standard InChI is InChI=1S/C32H52O2/c1-21(33)34-26-13-14-30(7)24(28(26,4)5)12-15-32(9)25(30)11-10-22-23-20-27(2,3)16-17-29(23,6)18-19-31(22,32)8/h10,23-26H,11-20H2,1-9H3/t23-,24-,25-,26-,29+,30-,31-,32+/m0/s1. The molecule has 0 aromatic heterocycles. The van der Waals surface area contributed by atoms with Crippen LogP contribution in [-0.2, 0) is 9.53 Å². The quantitative estimate of drug-likeness (QED) is 0.284. The Labute approximate surface area is 210 Å². The highest BCUT2D eigenvalue weighted by molar-refractivity contribution is 5.66. The van der Waals surface area contributed by atoms with Crippen molar-refractivity contribution >= 4 is 5.97 Å². The molecule has 192 valence electrons. The zero-order valence-corrected chi connectivity index (χ0v) is 23.8. The van der Waals surface area contributed by atoms with E-state index in [9.17, 15) is 4.79 Å². The molecular weight excluding hydrogens is 416 g/mol. The van der Waals surface area contributed by atoms with Crippen LogP contribution in [0.1, 0.15) is 127 Å². The fraction of sp³-hybridized carbons (Fsp3) is 0.906. The maximum Gasteiger partial charge on any atom is 0.302 e. The maximum atomic E-state index is 11.9. The topological polar surface area (TPSA) is 26.3 Å². The first-order valence-electron chi connectivity index (χ1n) is 14.5. The van der Waals surface area contributed by atoms with E-state index in [4.69, 9.17) is 4.74 Å². The molecule has 5 aliphatic rings. The molecule has 0 saturated heterocycles. The van der Waals surface area contributed by atoms with Gasteiger partial charge in [0.2, 0.25) is 0 Å². The minimum atomic E-state index is -0.110. The molecule has 0 spiro atoms. The normalized spacial score (nSPS) is 51.1. The molecular formula is C32H52O2. The Morgan fingerprint density at radius 2 is 1.53 bits per heavy atom. The number of allylic oxidation sites excluding steroid dienone is 2. The van der Waals surface area contributed by atoms with Gasteiger partial charge >= 0.3 is 5.97 Å². The molecule has 0 amide bonds. The van der Waals surface area contributed by atoms with Crippen molar-refractivity contribution in [3.8, 4) is 0 Å². The van der Waals surface area contributed by atoms with E-state index in [1.807, 2.05) is 5.57 Å². The predicted molar refractivity (Wildman–Crippen MR) is 140 cm³/mol. The van der Waals surface area contributed by atoms with Crippen LogP contribution < -0.4 is 0 Å². The number of hydrogen-bond acceptors (Lipinski definition) is 2. The lowest BCUT2D eigenvalue weighted by Crippen LogP contribution is -2.64. The van der Waals surface area contributed by atoms with Crippen molar-refractivity contribution in [1.29, 1.82) is 0 Å². The van der Waals surface area contributed by atoms with Gasteiger partial charge in [0.05, 0.1) is 0 Å². The number of hydrogen-bond donors (Lipinski definition) is 0. The van der Waals surface area contributed by atoms with E-state index in [-0.39, 0.29) is 17.5 Å². The molecule has 0 aromatic rings. The van der Waals surface area contributed by atoms with Crippen molar-refractivity contribution < 1.29 is 9.53 Å².